The Bertz CT molecular complexity index is 628. The minimum atomic E-state index is -0.443. The first-order chi connectivity index (χ1) is 8.90. The van der Waals surface area contributed by atoms with E-state index in [0.29, 0.717) is 5.56 Å². The smallest absolute Gasteiger partial charge is 0.142 e. The molecule has 0 saturated heterocycles. The van der Waals surface area contributed by atoms with Crippen LogP contribution in [0, 0.1) is 19.7 Å². The molecular weight excluding hydrogens is 329 g/mol. The van der Waals surface area contributed by atoms with Crippen molar-refractivity contribution in [2.45, 2.75) is 19.9 Å². The number of hydrogen-bond acceptors (Lipinski definition) is 1. The van der Waals surface area contributed by atoms with E-state index >= 15 is 0 Å². The van der Waals surface area contributed by atoms with Crippen LogP contribution in [0.3, 0.4) is 0 Å². The average Bonchev–Trinajstić information content (AvgIpc) is 2.36. The van der Waals surface area contributed by atoms with Gasteiger partial charge in [-0.05, 0) is 54.3 Å². The number of benzene rings is 2. The van der Waals surface area contributed by atoms with Crippen LogP contribution in [0.1, 0.15) is 28.3 Å². The lowest BCUT2D eigenvalue weighted by atomic mass is 9.94. The normalized spacial score (nSPS) is 12.5. The van der Waals surface area contributed by atoms with Gasteiger partial charge in [-0.15, -0.1) is 0 Å². The zero-order valence-electron chi connectivity index (χ0n) is 10.7. The van der Waals surface area contributed by atoms with Gasteiger partial charge in [-0.2, -0.15) is 0 Å². The fourth-order valence-corrected chi connectivity index (χ4v) is 2.60. The van der Waals surface area contributed by atoms with Crippen molar-refractivity contribution < 1.29 is 4.39 Å². The summed E-state index contributed by atoms with van der Waals surface area (Å²) in [6.07, 6.45) is 0. The maximum absolute atomic E-state index is 13.5. The molecule has 0 aliphatic heterocycles. The van der Waals surface area contributed by atoms with E-state index in [1.807, 2.05) is 26.0 Å². The lowest BCUT2D eigenvalue weighted by Crippen LogP contribution is -2.14. The van der Waals surface area contributed by atoms with Crippen molar-refractivity contribution in [1.29, 1.82) is 0 Å². The van der Waals surface area contributed by atoms with Crippen molar-refractivity contribution in [2.75, 3.05) is 0 Å². The van der Waals surface area contributed by atoms with E-state index in [-0.39, 0.29) is 11.1 Å². The summed E-state index contributed by atoms with van der Waals surface area (Å²) in [6.45, 7) is 3.99. The predicted molar refractivity (Wildman–Crippen MR) is 81.1 cm³/mol. The number of nitrogens with two attached hydrogens (primary N) is 1. The fraction of sp³-hybridized carbons (Fsp3) is 0.200. The van der Waals surface area contributed by atoms with Gasteiger partial charge in [0, 0.05) is 4.47 Å². The second kappa shape index (κ2) is 5.61. The molecule has 4 heteroatoms. The van der Waals surface area contributed by atoms with E-state index in [1.165, 1.54) is 12.1 Å². The summed E-state index contributed by atoms with van der Waals surface area (Å²) >= 11 is 9.18. The lowest BCUT2D eigenvalue weighted by Gasteiger charge is -2.17. The second-order valence-corrected chi connectivity index (χ2v) is 5.87. The first-order valence-electron chi connectivity index (χ1n) is 5.87. The second-order valence-electron chi connectivity index (χ2n) is 4.61. The molecule has 0 heterocycles. The number of halogens is 3. The van der Waals surface area contributed by atoms with Gasteiger partial charge in [0.25, 0.3) is 0 Å². The first-order valence-corrected chi connectivity index (χ1v) is 7.04. The minimum Gasteiger partial charge on any atom is -0.320 e. The third-order valence-corrected chi connectivity index (χ3v) is 4.35. The molecule has 2 aromatic carbocycles. The van der Waals surface area contributed by atoms with Gasteiger partial charge in [0.05, 0.1) is 11.1 Å². The highest BCUT2D eigenvalue weighted by molar-refractivity contribution is 9.10. The molecule has 1 nitrogen and oxygen atoms in total. The van der Waals surface area contributed by atoms with Crippen molar-refractivity contribution >= 4 is 27.5 Å². The van der Waals surface area contributed by atoms with Gasteiger partial charge in [-0.3, -0.25) is 0 Å². The molecule has 0 aliphatic rings. The summed E-state index contributed by atoms with van der Waals surface area (Å²) in [5.41, 5.74) is 10.1. The number of aryl methyl sites for hydroxylation is 2. The molecule has 0 amide bonds. The van der Waals surface area contributed by atoms with Crippen molar-refractivity contribution in [3.8, 4) is 0 Å². The summed E-state index contributed by atoms with van der Waals surface area (Å²) in [5, 5.41) is 0.111. The summed E-state index contributed by atoms with van der Waals surface area (Å²) in [6, 6.07) is 8.37. The average molecular weight is 343 g/mol. The van der Waals surface area contributed by atoms with Gasteiger partial charge in [0.15, 0.2) is 0 Å². The SMILES string of the molecule is Cc1cc(C(N)c2ccc(Cl)c(F)c2)c(C)cc1Br. The highest BCUT2D eigenvalue weighted by atomic mass is 79.9. The van der Waals surface area contributed by atoms with Crippen LogP contribution in [0.5, 0.6) is 0 Å². The maximum Gasteiger partial charge on any atom is 0.142 e. The topological polar surface area (TPSA) is 26.0 Å². The molecule has 0 aliphatic carbocycles. The summed E-state index contributed by atoms with van der Waals surface area (Å²) in [5.74, 6) is -0.443. The van der Waals surface area contributed by atoms with Crippen LogP contribution in [-0.4, -0.2) is 0 Å². The molecule has 0 aromatic heterocycles. The Morgan fingerprint density at radius 3 is 2.47 bits per heavy atom. The van der Waals surface area contributed by atoms with Crippen LogP contribution >= 0.6 is 27.5 Å². The van der Waals surface area contributed by atoms with Gasteiger partial charge in [-0.25, -0.2) is 4.39 Å². The Balaban J connectivity index is 2.46. The van der Waals surface area contributed by atoms with E-state index in [4.69, 9.17) is 17.3 Å². The third kappa shape index (κ3) is 2.99. The van der Waals surface area contributed by atoms with Crippen LogP contribution in [0.15, 0.2) is 34.8 Å². The zero-order chi connectivity index (χ0) is 14.2. The molecule has 1 unspecified atom stereocenters. The molecule has 0 bridgehead atoms. The Hall–Kier alpha value is -0.900. The maximum atomic E-state index is 13.5. The molecule has 100 valence electrons. The molecule has 2 rings (SSSR count). The summed E-state index contributed by atoms with van der Waals surface area (Å²) in [7, 11) is 0. The molecular formula is C15H14BrClFN. The molecule has 1 atom stereocenters. The molecule has 2 N–H and O–H groups in total. The van der Waals surface area contributed by atoms with Crippen LogP contribution in [-0.2, 0) is 0 Å². The van der Waals surface area contributed by atoms with Gasteiger partial charge in [-0.1, -0.05) is 39.7 Å². The van der Waals surface area contributed by atoms with Crippen LogP contribution in [0.4, 0.5) is 4.39 Å². The molecule has 0 spiro atoms. The number of hydrogen-bond donors (Lipinski definition) is 1. The predicted octanol–water partition coefficient (Wildman–Crippen LogP) is 4.91. The molecule has 19 heavy (non-hydrogen) atoms. The molecule has 0 fully saturated rings. The Morgan fingerprint density at radius 1 is 1.16 bits per heavy atom. The first kappa shape index (κ1) is 14.5. The highest BCUT2D eigenvalue weighted by Crippen LogP contribution is 2.29. The van der Waals surface area contributed by atoms with E-state index in [2.05, 4.69) is 15.9 Å². The Labute approximate surface area is 125 Å². The molecule has 0 saturated carbocycles. The van der Waals surface area contributed by atoms with E-state index in [9.17, 15) is 4.39 Å². The third-order valence-electron chi connectivity index (χ3n) is 3.19. The van der Waals surface area contributed by atoms with Gasteiger partial charge in [0.2, 0.25) is 0 Å². The summed E-state index contributed by atoms with van der Waals surface area (Å²) in [4.78, 5) is 0. The monoisotopic (exact) mass is 341 g/mol. The van der Waals surface area contributed by atoms with Crippen LogP contribution < -0.4 is 5.73 Å². The Morgan fingerprint density at radius 2 is 1.84 bits per heavy atom. The zero-order valence-corrected chi connectivity index (χ0v) is 13.0. The largest absolute Gasteiger partial charge is 0.320 e. The van der Waals surface area contributed by atoms with Crippen molar-refractivity contribution in [3.63, 3.8) is 0 Å². The van der Waals surface area contributed by atoms with Crippen LogP contribution in [0.2, 0.25) is 5.02 Å². The Kier molecular flexibility index (Phi) is 4.29. The summed E-state index contributed by atoms with van der Waals surface area (Å²) < 4.78 is 14.5. The van der Waals surface area contributed by atoms with E-state index < -0.39 is 5.82 Å². The lowest BCUT2D eigenvalue weighted by molar-refractivity contribution is 0.624. The van der Waals surface area contributed by atoms with E-state index in [0.717, 1.165) is 21.2 Å². The number of rotatable bonds is 2. The van der Waals surface area contributed by atoms with Crippen molar-refractivity contribution in [3.05, 3.63) is 67.9 Å². The molecule has 0 radical (unpaired) electrons. The quantitative estimate of drug-likeness (QED) is 0.825. The van der Waals surface area contributed by atoms with Gasteiger partial charge in [0.1, 0.15) is 5.82 Å². The highest BCUT2D eigenvalue weighted by Gasteiger charge is 2.14. The minimum absolute atomic E-state index is 0.111. The van der Waals surface area contributed by atoms with Gasteiger partial charge < -0.3 is 5.73 Å². The van der Waals surface area contributed by atoms with Crippen molar-refractivity contribution in [1.82, 2.24) is 0 Å². The molecule has 2 aromatic rings. The standard InChI is InChI=1S/C15H14BrClFN/c1-8-6-12(16)9(2)5-11(8)15(19)10-3-4-13(17)14(18)7-10/h3-7,15H,19H2,1-2H3. The van der Waals surface area contributed by atoms with Crippen molar-refractivity contribution in [2.24, 2.45) is 5.73 Å². The van der Waals surface area contributed by atoms with Crippen LogP contribution in [0.25, 0.3) is 0 Å². The van der Waals surface area contributed by atoms with E-state index in [1.54, 1.807) is 6.07 Å². The van der Waals surface area contributed by atoms with Gasteiger partial charge >= 0.3 is 0 Å². The fourth-order valence-electron chi connectivity index (χ4n) is 2.02.